The normalized spacial score (nSPS) is 14.7. The van der Waals surface area contributed by atoms with E-state index in [2.05, 4.69) is 15.6 Å². The number of sulfonamides is 1. The van der Waals surface area contributed by atoms with Crippen LogP contribution in [0, 0.1) is 0 Å². The minimum absolute atomic E-state index is 0.0404. The molecule has 10 nitrogen and oxygen atoms in total. The lowest BCUT2D eigenvalue weighted by Gasteiger charge is -2.35. The van der Waals surface area contributed by atoms with Gasteiger partial charge in [-0.2, -0.15) is 13.2 Å². The second-order valence-electron chi connectivity index (χ2n) is 9.64. The zero-order valence-corrected chi connectivity index (χ0v) is 22.7. The first-order valence-corrected chi connectivity index (χ1v) is 14.1. The Labute approximate surface area is 234 Å². The highest BCUT2D eigenvalue weighted by molar-refractivity contribution is 7.89. The van der Waals surface area contributed by atoms with E-state index in [4.69, 9.17) is 5.14 Å². The van der Waals surface area contributed by atoms with Gasteiger partial charge >= 0.3 is 6.18 Å². The molecule has 0 aliphatic carbocycles. The number of aromatic nitrogens is 3. The molecule has 3 aromatic carbocycles. The van der Waals surface area contributed by atoms with E-state index < -0.39 is 27.7 Å². The Morgan fingerprint density at radius 3 is 2.34 bits per heavy atom. The highest BCUT2D eigenvalue weighted by atomic mass is 32.2. The van der Waals surface area contributed by atoms with Gasteiger partial charge < -0.3 is 15.1 Å². The first-order chi connectivity index (χ1) is 19.4. The number of piperazine rings is 1. The Kier molecular flexibility index (Phi) is 7.55. The van der Waals surface area contributed by atoms with Gasteiger partial charge in [-0.25, -0.2) is 18.2 Å². The number of alkyl halides is 3. The molecule has 0 unspecified atom stereocenters. The number of hydrogen-bond acceptors (Lipinski definition) is 7. The number of carbonyl (C=O) groups excluding carboxylic acids is 1. The van der Waals surface area contributed by atoms with E-state index in [-0.39, 0.29) is 16.1 Å². The number of nitrogens with zero attached hydrogens (tertiary/aromatic N) is 5. The van der Waals surface area contributed by atoms with Gasteiger partial charge in [0.25, 0.3) is 5.91 Å². The zero-order chi connectivity index (χ0) is 29.4. The van der Waals surface area contributed by atoms with E-state index in [0.29, 0.717) is 48.8 Å². The maximum atomic E-state index is 14.0. The summed E-state index contributed by atoms with van der Waals surface area (Å²) in [6, 6.07) is 16.0. The number of anilines is 2. The van der Waals surface area contributed by atoms with Crippen LogP contribution in [0.1, 0.15) is 15.9 Å². The SMILES string of the molecule is CN1CCN(c2ccc(C(=O)Nc3cccc(-c4cn(-c5ccc(S(N)(=O)=O)cc5)nn4)c3)cc2C(F)(F)F)CC1. The van der Waals surface area contributed by atoms with E-state index >= 15 is 0 Å². The number of rotatable bonds is 6. The fourth-order valence-corrected chi connectivity index (χ4v) is 5.01. The Balaban J connectivity index is 1.34. The Morgan fingerprint density at radius 2 is 1.68 bits per heavy atom. The van der Waals surface area contributed by atoms with Crippen LogP contribution in [0.3, 0.4) is 0 Å². The molecule has 0 bridgehead atoms. The molecule has 3 N–H and O–H groups in total. The van der Waals surface area contributed by atoms with Gasteiger partial charge in [-0.1, -0.05) is 17.3 Å². The number of halogens is 3. The standard InChI is InChI=1S/C27H26F3N7O3S/c1-35-11-13-36(14-12-35)25-10-5-19(16-23(25)27(28,29)30)26(38)32-20-4-2-3-18(15-20)24-17-37(34-33-24)21-6-8-22(9-7-21)41(31,39)40/h2-10,15-17H,11-14H2,1H3,(H,32,38)(H2,31,39,40). The molecule has 0 radical (unpaired) electrons. The van der Waals surface area contributed by atoms with Crippen molar-refractivity contribution < 1.29 is 26.4 Å². The molecule has 1 aliphatic heterocycles. The van der Waals surface area contributed by atoms with Crippen LogP contribution in [-0.4, -0.2) is 67.4 Å². The van der Waals surface area contributed by atoms with E-state index in [1.54, 1.807) is 35.4 Å². The van der Waals surface area contributed by atoms with E-state index in [9.17, 15) is 26.4 Å². The molecule has 4 aromatic rings. The van der Waals surface area contributed by atoms with Gasteiger partial charge in [0.15, 0.2) is 0 Å². The van der Waals surface area contributed by atoms with Crippen molar-refractivity contribution in [1.82, 2.24) is 19.9 Å². The monoisotopic (exact) mass is 585 g/mol. The number of likely N-dealkylation sites (N-methyl/N-ethyl adjacent to an activating group) is 1. The molecule has 41 heavy (non-hydrogen) atoms. The second kappa shape index (κ2) is 11.0. The van der Waals surface area contributed by atoms with Crippen LogP contribution in [-0.2, 0) is 16.2 Å². The number of benzene rings is 3. The van der Waals surface area contributed by atoms with Gasteiger partial charge in [-0.15, -0.1) is 5.10 Å². The van der Waals surface area contributed by atoms with Crippen LogP contribution in [0.25, 0.3) is 16.9 Å². The summed E-state index contributed by atoms with van der Waals surface area (Å²) < 4.78 is 66.3. The lowest BCUT2D eigenvalue weighted by atomic mass is 10.1. The number of hydrogen-bond donors (Lipinski definition) is 2. The van der Waals surface area contributed by atoms with Crippen LogP contribution in [0.2, 0.25) is 0 Å². The summed E-state index contributed by atoms with van der Waals surface area (Å²) >= 11 is 0. The van der Waals surface area contributed by atoms with Crippen LogP contribution in [0.5, 0.6) is 0 Å². The van der Waals surface area contributed by atoms with Crippen molar-refractivity contribution in [3.8, 4) is 16.9 Å². The average Bonchev–Trinajstić information content (AvgIpc) is 3.43. The molecular formula is C27H26F3N7O3S. The fourth-order valence-electron chi connectivity index (χ4n) is 4.50. The Hall–Kier alpha value is -4.27. The minimum Gasteiger partial charge on any atom is -0.368 e. The summed E-state index contributed by atoms with van der Waals surface area (Å²) in [6.45, 7) is 2.22. The van der Waals surface area contributed by atoms with E-state index in [0.717, 1.165) is 6.07 Å². The number of nitrogens with one attached hydrogen (secondary N) is 1. The molecule has 0 spiro atoms. The molecule has 0 saturated carbocycles. The molecule has 1 fully saturated rings. The smallest absolute Gasteiger partial charge is 0.368 e. The third kappa shape index (κ3) is 6.39. The average molecular weight is 586 g/mol. The van der Waals surface area contributed by atoms with Crippen LogP contribution < -0.4 is 15.4 Å². The molecule has 214 valence electrons. The molecule has 2 heterocycles. The van der Waals surface area contributed by atoms with Gasteiger partial charge in [0, 0.05) is 48.7 Å². The number of nitrogens with two attached hydrogens (primary N) is 1. The maximum Gasteiger partial charge on any atom is 0.418 e. The molecule has 14 heteroatoms. The molecule has 0 atom stereocenters. The van der Waals surface area contributed by atoms with Crippen LogP contribution in [0.15, 0.2) is 77.8 Å². The van der Waals surface area contributed by atoms with Crippen molar-refractivity contribution in [1.29, 1.82) is 0 Å². The summed E-state index contributed by atoms with van der Waals surface area (Å²) in [5, 5.41) is 16.0. The lowest BCUT2D eigenvalue weighted by molar-refractivity contribution is -0.137. The van der Waals surface area contributed by atoms with Gasteiger partial charge in [0.2, 0.25) is 10.0 Å². The Morgan fingerprint density at radius 1 is 0.976 bits per heavy atom. The minimum atomic E-state index is -4.63. The topological polar surface area (TPSA) is 126 Å². The number of amides is 1. The summed E-state index contributed by atoms with van der Waals surface area (Å²) in [7, 11) is -1.91. The van der Waals surface area contributed by atoms with Crippen molar-refractivity contribution in [2.75, 3.05) is 43.4 Å². The largest absolute Gasteiger partial charge is 0.418 e. The summed E-state index contributed by atoms with van der Waals surface area (Å²) in [4.78, 5) is 16.7. The predicted molar refractivity (Wildman–Crippen MR) is 147 cm³/mol. The third-order valence-electron chi connectivity index (χ3n) is 6.75. The van der Waals surface area contributed by atoms with Gasteiger partial charge in [-0.3, -0.25) is 4.79 Å². The second-order valence-corrected chi connectivity index (χ2v) is 11.2. The molecule has 5 rings (SSSR count). The molecule has 1 amide bonds. The first-order valence-electron chi connectivity index (χ1n) is 12.5. The van der Waals surface area contributed by atoms with E-state index in [1.165, 1.54) is 41.1 Å². The van der Waals surface area contributed by atoms with Crippen molar-refractivity contribution in [3.63, 3.8) is 0 Å². The summed E-state index contributed by atoms with van der Waals surface area (Å²) in [6.07, 6.45) is -3.01. The van der Waals surface area contributed by atoms with Gasteiger partial charge in [0.1, 0.15) is 5.69 Å². The van der Waals surface area contributed by atoms with Crippen molar-refractivity contribution in [3.05, 3.63) is 84.1 Å². The zero-order valence-electron chi connectivity index (χ0n) is 21.8. The summed E-state index contributed by atoms with van der Waals surface area (Å²) in [5.41, 5.74) is 1.04. The lowest BCUT2D eigenvalue weighted by Crippen LogP contribution is -2.45. The molecular weight excluding hydrogens is 559 g/mol. The van der Waals surface area contributed by atoms with Crippen molar-refractivity contribution >= 4 is 27.3 Å². The predicted octanol–water partition coefficient (Wildman–Crippen LogP) is 3.60. The maximum absolute atomic E-state index is 14.0. The Bertz CT molecular complexity index is 1680. The van der Waals surface area contributed by atoms with Crippen molar-refractivity contribution in [2.24, 2.45) is 5.14 Å². The quantitative estimate of drug-likeness (QED) is 0.354. The first kappa shape index (κ1) is 28.3. The third-order valence-corrected chi connectivity index (χ3v) is 7.68. The highest BCUT2D eigenvalue weighted by Gasteiger charge is 2.36. The summed E-state index contributed by atoms with van der Waals surface area (Å²) in [5.74, 6) is -0.684. The fraction of sp³-hybridized carbons (Fsp3) is 0.222. The molecule has 1 aliphatic rings. The number of primary sulfonamides is 1. The van der Waals surface area contributed by atoms with Crippen molar-refractivity contribution in [2.45, 2.75) is 11.1 Å². The highest BCUT2D eigenvalue weighted by Crippen LogP contribution is 2.38. The number of carbonyl (C=O) groups is 1. The molecule has 1 aromatic heterocycles. The van der Waals surface area contributed by atoms with Gasteiger partial charge in [0.05, 0.1) is 22.3 Å². The van der Waals surface area contributed by atoms with Crippen LogP contribution >= 0.6 is 0 Å². The molecule has 1 saturated heterocycles. The van der Waals surface area contributed by atoms with Gasteiger partial charge in [-0.05, 0) is 61.6 Å². The van der Waals surface area contributed by atoms with Crippen LogP contribution in [0.4, 0.5) is 24.5 Å². The van der Waals surface area contributed by atoms with E-state index in [1.807, 2.05) is 11.9 Å².